The van der Waals surface area contributed by atoms with Crippen molar-refractivity contribution in [2.24, 2.45) is 0 Å². The molecule has 0 amide bonds. The minimum atomic E-state index is -1.02. The van der Waals surface area contributed by atoms with Crippen LogP contribution in [0.2, 0.25) is 10.0 Å². The molecule has 6 heteroatoms. The van der Waals surface area contributed by atoms with E-state index in [4.69, 9.17) is 28.9 Å². The smallest absolute Gasteiger partial charge is 0.129 e. The van der Waals surface area contributed by atoms with Crippen molar-refractivity contribution in [3.63, 3.8) is 0 Å². The van der Waals surface area contributed by atoms with Gasteiger partial charge in [0.15, 0.2) is 0 Å². The molecule has 0 saturated carbocycles. The zero-order chi connectivity index (χ0) is 13.3. The lowest BCUT2D eigenvalue weighted by atomic mass is 10.0. The Hall–Kier alpha value is -1.36. The number of nitrogen functional groups attached to an aromatic ring is 1. The third kappa shape index (κ3) is 2.41. The van der Waals surface area contributed by atoms with Crippen molar-refractivity contribution >= 4 is 29.0 Å². The van der Waals surface area contributed by atoms with Crippen molar-refractivity contribution in [1.82, 2.24) is 9.97 Å². The quantitative estimate of drug-likeness (QED) is 0.889. The van der Waals surface area contributed by atoms with Crippen molar-refractivity contribution in [2.45, 2.75) is 13.0 Å². The lowest BCUT2D eigenvalue weighted by Crippen LogP contribution is -2.09. The van der Waals surface area contributed by atoms with Crippen molar-refractivity contribution in [3.8, 4) is 0 Å². The standard InChI is InChI=1S/C12H11Cl2N3O/c1-6-2-3-16-12(15)9(6)11(18)10-8(14)4-7(13)5-17-10/h2-5,11,18H,1H3,(H2,15,16). The van der Waals surface area contributed by atoms with Gasteiger partial charge in [0.05, 0.1) is 15.7 Å². The van der Waals surface area contributed by atoms with Gasteiger partial charge in [-0.2, -0.15) is 0 Å². The van der Waals surface area contributed by atoms with Crippen LogP contribution in [0.4, 0.5) is 5.82 Å². The van der Waals surface area contributed by atoms with Crippen LogP contribution < -0.4 is 5.73 Å². The van der Waals surface area contributed by atoms with Gasteiger partial charge in [0, 0.05) is 18.0 Å². The number of aliphatic hydroxyl groups is 1. The van der Waals surface area contributed by atoms with Crippen LogP contribution in [-0.4, -0.2) is 15.1 Å². The highest BCUT2D eigenvalue weighted by Crippen LogP contribution is 2.31. The molecule has 4 nitrogen and oxygen atoms in total. The monoisotopic (exact) mass is 283 g/mol. The Bertz CT molecular complexity index is 569. The van der Waals surface area contributed by atoms with Crippen molar-refractivity contribution in [3.05, 3.63) is 51.4 Å². The molecule has 18 heavy (non-hydrogen) atoms. The summed E-state index contributed by atoms with van der Waals surface area (Å²) >= 11 is 11.8. The molecule has 0 aliphatic rings. The summed E-state index contributed by atoms with van der Waals surface area (Å²) in [4.78, 5) is 7.99. The molecule has 1 atom stereocenters. The van der Waals surface area contributed by atoms with E-state index < -0.39 is 6.10 Å². The van der Waals surface area contributed by atoms with Gasteiger partial charge in [-0.1, -0.05) is 23.2 Å². The third-order valence-corrected chi connectivity index (χ3v) is 3.12. The highest BCUT2D eigenvalue weighted by molar-refractivity contribution is 6.34. The van der Waals surface area contributed by atoms with Crippen LogP contribution in [0.15, 0.2) is 24.5 Å². The maximum absolute atomic E-state index is 10.3. The number of hydrogen-bond donors (Lipinski definition) is 2. The van der Waals surface area contributed by atoms with E-state index in [0.29, 0.717) is 16.3 Å². The minimum Gasteiger partial charge on any atom is -0.383 e. The minimum absolute atomic E-state index is 0.260. The van der Waals surface area contributed by atoms with Gasteiger partial charge in [0.1, 0.15) is 11.9 Å². The van der Waals surface area contributed by atoms with E-state index in [1.807, 2.05) is 6.92 Å². The molecule has 2 aromatic rings. The number of nitrogens with two attached hydrogens (primary N) is 1. The van der Waals surface area contributed by atoms with E-state index in [1.165, 1.54) is 12.3 Å². The molecule has 2 aromatic heterocycles. The SMILES string of the molecule is Cc1ccnc(N)c1C(O)c1ncc(Cl)cc1Cl. The second kappa shape index (κ2) is 5.10. The van der Waals surface area contributed by atoms with E-state index >= 15 is 0 Å². The van der Waals surface area contributed by atoms with Gasteiger partial charge in [-0.25, -0.2) is 4.98 Å². The normalized spacial score (nSPS) is 12.4. The number of aryl methyl sites for hydroxylation is 1. The van der Waals surface area contributed by atoms with Gasteiger partial charge >= 0.3 is 0 Å². The number of aliphatic hydroxyl groups excluding tert-OH is 1. The maximum atomic E-state index is 10.3. The first-order valence-electron chi connectivity index (χ1n) is 5.20. The summed E-state index contributed by atoms with van der Waals surface area (Å²) in [5, 5.41) is 11.0. The summed E-state index contributed by atoms with van der Waals surface area (Å²) in [5.41, 5.74) is 7.41. The Kier molecular flexibility index (Phi) is 3.71. The van der Waals surface area contributed by atoms with Gasteiger partial charge in [-0.15, -0.1) is 0 Å². The number of rotatable bonds is 2. The molecule has 0 radical (unpaired) electrons. The number of nitrogens with zero attached hydrogens (tertiary/aromatic N) is 2. The maximum Gasteiger partial charge on any atom is 0.129 e. The molecule has 2 heterocycles. The molecule has 0 aliphatic heterocycles. The topological polar surface area (TPSA) is 72.0 Å². The summed E-state index contributed by atoms with van der Waals surface area (Å²) in [5.74, 6) is 0.260. The Morgan fingerprint density at radius 3 is 2.67 bits per heavy atom. The van der Waals surface area contributed by atoms with Crippen LogP contribution in [0.5, 0.6) is 0 Å². The van der Waals surface area contributed by atoms with Crippen molar-refractivity contribution in [2.75, 3.05) is 5.73 Å². The van der Waals surface area contributed by atoms with E-state index in [1.54, 1.807) is 12.3 Å². The van der Waals surface area contributed by atoms with Crippen molar-refractivity contribution in [1.29, 1.82) is 0 Å². The summed E-state index contributed by atoms with van der Waals surface area (Å²) < 4.78 is 0. The molecule has 3 N–H and O–H groups in total. The molecule has 0 fully saturated rings. The number of pyridine rings is 2. The molecule has 2 rings (SSSR count). The second-order valence-corrected chi connectivity index (χ2v) is 4.69. The Morgan fingerprint density at radius 2 is 2.06 bits per heavy atom. The first-order chi connectivity index (χ1) is 8.50. The lowest BCUT2D eigenvalue weighted by Gasteiger charge is -2.16. The predicted molar refractivity (Wildman–Crippen MR) is 71.7 cm³/mol. The zero-order valence-corrected chi connectivity index (χ0v) is 11.1. The highest BCUT2D eigenvalue weighted by atomic mass is 35.5. The number of hydrogen-bond acceptors (Lipinski definition) is 4. The summed E-state index contributed by atoms with van der Waals surface area (Å²) in [6.45, 7) is 1.83. The van der Waals surface area contributed by atoms with E-state index in [-0.39, 0.29) is 10.8 Å². The first kappa shape index (κ1) is 13.1. The van der Waals surface area contributed by atoms with Gasteiger partial charge < -0.3 is 10.8 Å². The molecule has 1 unspecified atom stereocenters. The van der Waals surface area contributed by atoms with Crippen LogP contribution >= 0.6 is 23.2 Å². The van der Waals surface area contributed by atoms with E-state index in [2.05, 4.69) is 9.97 Å². The van der Waals surface area contributed by atoms with Crippen LogP contribution in [0, 0.1) is 6.92 Å². The summed E-state index contributed by atoms with van der Waals surface area (Å²) in [7, 11) is 0. The number of anilines is 1. The predicted octanol–water partition coefficient (Wildman–Crippen LogP) is 2.76. The van der Waals surface area contributed by atoms with Gasteiger partial charge in [0.2, 0.25) is 0 Å². The third-order valence-electron chi connectivity index (χ3n) is 2.61. The Morgan fingerprint density at radius 1 is 1.33 bits per heavy atom. The average Bonchev–Trinajstić information content (AvgIpc) is 2.28. The molecular formula is C12H11Cl2N3O. The van der Waals surface area contributed by atoms with Crippen LogP contribution in [0.25, 0.3) is 0 Å². The van der Waals surface area contributed by atoms with Crippen LogP contribution in [0.3, 0.4) is 0 Å². The molecule has 0 aliphatic carbocycles. The lowest BCUT2D eigenvalue weighted by molar-refractivity contribution is 0.215. The molecule has 0 saturated heterocycles. The van der Waals surface area contributed by atoms with Crippen LogP contribution in [-0.2, 0) is 0 Å². The number of halogens is 2. The van der Waals surface area contributed by atoms with Gasteiger partial charge in [0.25, 0.3) is 0 Å². The fourth-order valence-corrected chi connectivity index (χ4v) is 2.19. The number of aromatic nitrogens is 2. The Balaban J connectivity index is 2.51. The average molecular weight is 284 g/mol. The fraction of sp³-hybridized carbons (Fsp3) is 0.167. The molecular weight excluding hydrogens is 273 g/mol. The Labute approximate surface area is 114 Å². The fourth-order valence-electron chi connectivity index (χ4n) is 1.71. The molecule has 94 valence electrons. The van der Waals surface area contributed by atoms with E-state index in [9.17, 15) is 5.11 Å². The summed E-state index contributed by atoms with van der Waals surface area (Å²) in [6.07, 6.45) is 1.98. The largest absolute Gasteiger partial charge is 0.383 e. The first-order valence-corrected chi connectivity index (χ1v) is 5.96. The summed E-state index contributed by atoms with van der Waals surface area (Å²) in [6, 6.07) is 3.29. The van der Waals surface area contributed by atoms with Gasteiger partial charge in [-0.3, -0.25) is 4.98 Å². The molecule has 0 bridgehead atoms. The van der Waals surface area contributed by atoms with Crippen molar-refractivity contribution < 1.29 is 5.11 Å². The van der Waals surface area contributed by atoms with E-state index in [0.717, 1.165) is 5.56 Å². The zero-order valence-electron chi connectivity index (χ0n) is 9.56. The molecule has 0 aromatic carbocycles. The van der Waals surface area contributed by atoms with Crippen LogP contribution in [0.1, 0.15) is 22.9 Å². The second-order valence-electron chi connectivity index (χ2n) is 3.85. The highest BCUT2D eigenvalue weighted by Gasteiger charge is 2.20. The van der Waals surface area contributed by atoms with Gasteiger partial charge in [-0.05, 0) is 24.6 Å². The molecule has 0 spiro atoms.